The van der Waals surface area contributed by atoms with E-state index in [0.29, 0.717) is 28.0 Å². The van der Waals surface area contributed by atoms with Crippen LogP contribution in [0.4, 0.5) is 5.69 Å². The summed E-state index contributed by atoms with van der Waals surface area (Å²) in [5, 5.41) is 0.529. The molecule has 0 fully saturated rings. The summed E-state index contributed by atoms with van der Waals surface area (Å²) < 4.78 is 17.6. The Morgan fingerprint density at radius 3 is 2.63 bits per heavy atom. The molecule has 0 aliphatic heterocycles. The average Bonchev–Trinajstić information content (AvgIpc) is 2.42. The summed E-state index contributed by atoms with van der Waals surface area (Å²) in [6.45, 7) is 0.364. The first-order valence-electron chi connectivity index (χ1n) is 5.78. The van der Waals surface area contributed by atoms with Crippen molar-refractivity contribution in [2.75, 3.05) is 18.1 Å². The van der Waals surface area contributed by atoms with Gasteiger partial charge in [0, 0.05) is 10.7 Å². The lowest BCUT2D eigenvalue weighted by molar-refractivity contribution is 0.342. The maximum Gasteiger partial charge on any atom is 0.119 e. The van der Waals surface area contributed by atoms with Crippen molar-refractivity contribution in [2.24, 2.45) is 0 Å². The lowest BCUT2D eigenvalue weighted by Crippen LogP contribution is -2.10. The van der Waals surface area contributed by atoms with Crippen LogP contribution in [0.3, 0.4) is 0 Å². The first kappa shape index (κ1) is 13.9. The summed E-state index contributed by atoms with van der Waals surface area (Å²) in [7, 11) is -1.21. The highest BCUT2D eigenvalue weighted by Gasteiger charge is 2.09. The fourth-order valence-electron chi connectivity index (χ4n) is 1.57. The molecule has 0 bridgehead atoms. The van der Waals surface area contributed by atoms with Gasteiger partial charge < -0.3 is 10.5 Å². The molecule has 0 saturated heterocycles. The summed E-state index contributed by atoms with van der Waals surface area (Å²) in [5.41, 5.74) is 6.27. The van der Waals surface area contributed by atoms with Gasteiger partial charge in [0.05, 0.1) is 21.4 Å². The molecule has 2 rings (SSSR count). The Labute approximate surface area is 119 Å². The van der Waals surface area contributed by atoms with E-state index in [1.165, 1.54) is 0 Å². The van der Waals surface area contributed by atoms with Gasteiger partial charge in [-0.1, -0.05) is 29.8 Å². The minimum atomic E-state index is -1.21. The van der Waals surface area contributed by atoms with Gasteiger partial charge in [0.2, 0.25) is 0 Å². The maximum absolute atomic E-state index is 12.1. The number of ether oxygens (including phenoxy) is 1. The molecule has 19 heavy (non-hydrogen) atoms. The fraction of sp³-hybridized carbons (Fsp3) is 0.143. The molecule has 2 aromatic carbocycles. The molecule has 0 heterocycles. The highest BCUT2D eigenvalue weighted by atomic mass is 35.5. The summed E-state index contributed by atoms with van der Waals surface area (Å²) in [4.78, 5) is 0.559. The number of nitrogen functional groups attached to an aromatic ring is 1. The van der Waals surface area contributed by atoms with E-state index in [1.807, 2.05) is 30.3 Å². The molecule has 2 N–H and O–H groups in total. The second-order valence-electron chi connectivity index (χ2n) is 3.89. The number of nitrogens with two attached hydrogens (primary N) is 1. The molecule has 1 atom stereocenters. The third-order valence-corrected chi connectivity index (χ3v) is 4.12. The summed E-state index contributed by atoms with van der Waals surface area (Å²) >= 11 is 5.87. The van der Waals surface area contributed by atoms with Gasteiger partial charge in [0.1, 0.15) is 12.4 Å². The predicted octanol–water partition coefficient (Wildman–Crippen LogP) is 3.11. The fourth-order valence-corrected chi connectivity index (χ4v) is 2.85. The van der Waals surface area contributed by atoms with E-state index in [2.05, 4.69) is 0 Å². The zero-order valence-electron chi connectivity index (χ0n) is 10.2. The number of benzene rings is 2. The zero-order chi connectivity index (χ0) is 13.7. The van der Waals surface area contributed by atoms with Crippen LogP contribution in [0.15, 0.2) is 53.4 Å². The van der Waals surface area contributed by atoms with Crippen LogP contribution in [-0.2, 0) is 10.8 Å². The second kappa shape index (κ2) is 6.59. The van der Waals surface area contributed by atoms with E-state index in [4.69, 9.17) is 22.1 Å². The number of anilines is 1. The number of para-hydroxylation sites is 1. The Morgan fingerprint density at radius 1 is 1.16 bits per heavy atom. The summed E-state index contributed by atoms with van der Waals surface area (Å²) in [5.74, 6) is 1.14. The lowest BCUT2D eigenvalue weighted by atomic mass is 10.3. The van der Waals surface area contributed by atoms with Crippen molar-refractivity contribution in [1.29, 1.82) is 0 Å². The standard InChI is InChI=1S/C14H14ClNO2S/c15-11-6-7-13(16)14(10-11)19(17)9-8-18-12-4-2-1-3-5-12/h1-7,10H,8-9,16H2. The van der Waals surface area contributed by atoms with E-state index in [0.717, 1.165) is 5.75 Å². The molecule has 0 aliphatic carbocycles. The molecule has 0 aliphatic rings. The summed E-state index contributed by atoms with van der Waals surface area (Å²) in [6, 6.07) is 14.4. The van der Waals surface area contributed by atoms with E-state index < -0.39 is 10.8 Å². The Kier molecular flexibility index (Phi) is 4.82. The number of rotatable bonds is 5. The SMILES string of the molecule is Nc1ccc(Cl)cc1S(=O)CCOc1ccccc1. The van der Waals surface area contributed by atoms with Crippen LogP contribution < -0.4 is 10.5 Å². The highest BCUT2D eigenvalue weighted by molar-refractivity contribution is 7.85. The van der Waals surface area contributed by atoms with Crippen molar-refractivity contribution in [2.45, 2.75) is 4.90 Å². The van der Waals surface area contributed by atoms with Crippen molar-refractivity contribution in [3.63, 3.8) is 0 Å². The van der Waals surface area contributed by atoms with Crippen LogP contribution in [0, 0.1) is 0 Å². The van der Waals surface area contributed by atoms with Gasteiger partial charge in [-0.15, -0.1) is 0 Å². The Morgan fingerprint density at radius 2 is 1.89 bits per heavy atom. The van der Waals surface area contributed by atoms with E-state index in [9.17, 15) is 4.21 Å². The van der Waals surface area contributed by atoms with Gasteiger partial charge >= 0.3 is 0 Å². The third-order valence-electron chi connectivity index (χ3n) is 2.50. The van der Waals surface area contributed by atoms with Crippen LogP contribution in [0.5, 0.6) is 5.75 Å². The maximum atomic E-state index is 12.1. The largest absolute Gasteiger partial charge is 0.493 e. The minimum absolute atomic E-state index is 0.364. The topological polar surface area (TPSA) is 52.3 Å². The normalized spacial score (nSPS) is 12.1. The van der Waals surface area contributed by atoms with Crippen molar-refractivity contribution >= 4 is 28.1 Å². The van der Waals surface area contributed by atoms with Gasteiger partial charge in [-0.25, -0.2) is 0 Å². The zero-order valence-corrected chi connectivity index (χ0v) is 11.8. The highest BCUT2D eigenvalue weighted by Crippen LogP contribution is 2.21. The minimum Gasteiger partial charge on any atom is -0.493 e. The molecule has 5 heteroatoms. The second-order valence-corrected chi connectivity index (χ2v) is 5.87. The van der Waals surface area contributed by atoms with Gasteiger partial charge in [-0.3, -0.25) is 4.21 Å². The molecule has 2 aromatic rings. The van der Waals surface area contributed by atoms with Crippen LogP contribution in [0.1, 0.15) is 0 Å². The molecule has 0 saturated carbocycles. The number of halogens is 1. The Hall–Kier alpha value is -1.52. The molecular formula is C14H14ClNO2S. The smallest absolute Gasteiger partial charge is 0.119 e. The Bertz CT molecular complexity index is 575. The molecule has 100 valence electrons. The van der Waals surface area contributed by atoms with Crippen LogP contribution in [-0.4, -0.2) is 16.6 Å². The molecule has 0 radical (unpaired) electrons. The Balaban J connectivity index is 1.93. The van der Waals surface area contributed by atoms with Crippen molar-refractivity contribution in [1.82, 2.24) is 0 Å². The van der Waals surface area contributed by atoms with E-state index >= 15 is 0 Å². The molecule has 1 unspecified atom stereocenters. The molecule has 0 amide bonds. The first-order chi connectivity index (χ1) is 9.16. The number of hydrogen-bond acceptors (Lipinski definition) is 3. The van der Waals surface area contributed by atoms with Crippen molar-refractivity contribution < 1.29 is 8.95 Å². The first-order valence-corrected chi connectivity index (χ1v) is 7.48. The molecule has 0 spiro atoms. The average molecular weight is 296 g/mol. The van der Waals surface area contributed by atoms with Crippen molar-refractivity contribution in [3.05, 3.63) is 53.6 Å². The van der Waals surface area contributed by atoms with E-state index in [-0.39, 0.29) is 0 Å². The van der Waals surface area contributed by atoms with E-state index in [1.54, 1.807) is 18.2 Å². The van der Waals surface area contributed by atoms with Gasteiger partial charge in [0.25, 0.3) is 0 Å². The van der Waals surface area contributed by atoms with Crippen LogP contribution >= 0.6 is 11.6 Å². The monoisotopic (exact) mass is 295 g/mol. The lowest BCUT2D eigenvalue weighted by Gasteiger charge is -2.08. The molecule has 0 aromatic heterocycles. The van der Waals surface area contributed by atoms with Crippen LogP contribution in [0.2, 0.25) is 5.02 Å². The van der Waals surface area contributed by atoms with Gasteiger partial charge in [-0.05, 0) is 30.3 Å². The van der Waals surface area contributed by atoms with Crippen molar-refractivity contribution in [3.8, 4) is 5.75 Å². The summed E-state index contributed by atoms with van der Waals surface area (Å²) in [6.07, 6.45) is 0. The van der Waals surface area contributed by atoms with Gasteiger partial charge in [0.15, 0.2) is 0 Å². The quantitative estimate of drug-likeness (QED) is 0.862. The molecular weight excluding hydrogens is 282 g/mol. The predicted molar refractivity (Wildman–Crippen MR) is 79.1 cm³/mol. The number of hydrogen-bond donors (Lipinski definition) is 1. The molecule has 3 nitrogen and oxygen atoms in total. The van der Waals surface area contributed by atoms with Crippen LogP contribution in [0.25, 0.3) is 0 Å². The van der Waals surface area contributed by atoms with Gasteiger partial charge in [-0.2, -0.15) is 0 Å². The third kappa shape index (κ3) is 3.98.